The monoisotopic (exact) mass is 193 g/mol. The molecule has 0 radical (unpaired) electrons. The normalized spacial score (nSPS) is 25.1. The Balaban J connectivity index is 1.99. The molecule has 2 aliphatic rings. The first kappa shape index (κ1) is 9.69. The Morgan fingerprint density at radius 3 is 2.21 bits per heavy atom. The molecule has 0 saturated heterocycles. The van der Waals surface area contributed by atoms with Gasteiger partial charge in [-0.1, -0.05) is 25.7 Å². The van der Waals surface area contributed by atoms with Crippen molar-refractivity contribution in [2.24, 2.45) is 21.9 Å². The van der Waals surface area contributed by atoms with E-state index in [9.17, 15) is 0 Å². The van der Waals surface area contributed by atoms with Gasteiger partial charge in [-0.25, -0.2) is 0 Å². The summed E-state index contributed by atoms with van der Waals surface area (Å²) in [6, 6.07) is 0. The van der Waals surface area contributed by atoms with Gasteiger partial charge in [0.05, 0.1) is 0 Å². The van der Waals surface area contributed by atoms with Crippen molar-refractivity contribution >= 4 is 11.5 Å². The molecular weight excluding hydrogens is 174 g/mol. The zero-order chi connectivity index (χ0) is 9.80. The van der Waals surface area contributed by atoms with Crippen molar-refractivity contribution in [3.63, 3.8) is 0 Å². The molecule has 0 spiro atoms. The smallest absolute Gasteiger partial charge is 0.122 e. The van der Waals surface area contributed by atoms with Crippen molar-refractivity contribution < 1.29 is 0 Å². The number of hydrogen-bond acceptors (Lipinski definition) is 3. The van der Waals surface area contributed by atoms with Crippen LogP contribution in [0.2, 0.25) is 0 Å². The Bertz CT molecular complexity index is 247. The van der Waals surface area contributed by atoms with Gasteiger partial charge in [0.1, 0.15) is 5.84 Å². The summed E-state index contributed by atoms with van der Waals surface area (Å²) in [7, 11) is 0. The Morgan fingerprint density at radius 1 is 0.929 bits per heavy atom. The van der Waals surface area contributed by atoms with Crippen LogP contribution in [-0.4, -0.2) is 11.5 Å². The molecule has 78 valence electrons. The first-order valence-corrected chi connectivity index (χ1v) is 5.75. The average Bonchev–Trinajstić information content (AvgIpc) is 2.47. The van der Waals surface area contributed by atoms with E-state index < -0.39 is 0 Å². The molecule has 3 nitrogen and oxygen atoms in total. The summed E-state index contributed by atoms with van der Waals surface area (Å²) in [5.41, 5.74) is 6.91. The molecule has 0 bridgehead atoms. The van der Waals surface area contributed by atoms with Gasteiger partial charge in [-0.05, 0) is 25.2 Å². The highest BCUT2D eigenvalue weighted by Gasteiger charge is 2.20. The van der Waals surface area contributed by atoms with Crippen molar-refractivity contribution in [2.45, 2.75) is 51.4 Å². The van der Waals surface area contributed by atoms with Gasteiger partial charge < -0.3 is 5.73 Å². The summed E-state index contributed by atoms with van der Waals surface area (Å²) < 4.78 is 0. The SMILES string of the molecule is NC1=NN=C(C2CCCCCC2)CC1. The Morgan fingerprint density at radius 2 is 1.64 bits per heavy atom. The fourth-order valence-corrected chi connectivity index (χ4v) is 2.38. The molecule has 1 aliphatic carbocycles. The van der Waals surface area contributed by atoms with Crippen LogP contribution in [0.3, 0.4) is 0 Å². The van der Waals surface area contributed by atoms with Crippen LogP contribution >= 0.6 is 0 Å². The van der Waals surface area contributed by atoms with Gasteiger partial charge in [-0.2, -0.15) is 5.10 Å². The second-order valence-corrected chi connectivity index (χ2v) is 4.37. The lowest BCUT2D eigenvalue weighted by atomic mass is 9.91. The van der Waals surface area contributed by atoms with Crippen LogP contribution in [0, 0.1) is 5.92 Å². The van der Waals surface area contributed by atoms with Gasteiger partial charge in [0.25, 0.3) is 0 Å². The lowest BCUT2D eigenvalue weighted by Gasteiger charge is -2.18. The van der Waals surface area contributed by atoms with E-state index in [1.54, 1.807) is 0 Å². The highest BCUT2D eigenvalue weighted by Crippen LogP contribution is 2.26. The molecule has 0 atom stereocenters. The second kappa shape index (κ2) is 4.58. The van der Waals surface area contributed by atoms with E-state index in [0.29, 0.717) is 11.8 Å². The minimum Gasteiger partial charge on any atom is -0.386 e. The Hall–Kier alpha value is -0.860. The standard InChI is InChI=1S/C11H19N3/c12-11-8-7-10(13-14-11)9-5-3-1-2-4-6-9/h9H,1-8H2,(H2,12,14). The maximum atomic E-state index is 5.60. The number of hydrogen-bond donors (Lipinski definition) is 1. The summed E-state index contributed by atoms with van der Waals surface area (Å²) in [5, 5.41) is 8.25. The predicted octanol–water partition coefficient (Wildman–Crippen LogP) is 2.46. The fourth-order valence-electron chi connectivity index (χ4n) is 2.38. The van der Waals surface area contributed by atoms with Crippen LogP contribution < -0.4 is 5.73 Å². The first-order chi connectivity index (χ1) is 6.86. The fraction of sp³-hybridized carbons (Fsp3) is 0.818. The highest BCUT2D eigenvalue weighted by molar-refractivity contribution is 5.94. The topological polar surface area (TPSA) is 50.7 Å². The third-order valence-electron chi connectivity index (χ3n) is 3.27. The van der Waals surface area contributed by atoms with Gasteiger partial charge in [-0.15, -0.1) is 5.10 Å². The van der Waals surface area contributed by atoms with Crippen molar-refractivity contribution in [1.29, 1.82) is 0 Å². The van der Waals surface area contributed by atoms with Crippen LogP contribution in [0.15, 0.2) is 10.2 Å². The average molecular weight is 193 g/mol. The first-order valence-electron chi connectivity index (χ1n) is 5.75. The third-order valence-corrected chi connectivity index (χ3v) is 3.27. The van der Waals surface area contributed by atoms with Crippen molar-refractivity contribution in [3.8, 4) is 0 Å². The van der Waals surface area contributed by atoms with Crippen LogP contribution in [-0.2, 0) is 0 Å². The lowest BCUT2D eigenvalue weighted by molar-refractivity contribution is 0.578. The maximum absolute atomic E-state index is 5.60. The molecule has 1 heterocycles. The molecule has 0 aromatic rings. The minimum atomic E-state index is 0.697. The molecule has 14 heavy (non-hydrogen) atoms. The van der Waals surface area contributed by atoms with E-state index in [-0.39, 0.29) is 0 Å². The van der Waals surface area contributed by atoms with E-state index >= 15 is 0 Å². The molecule has 1 saturated carbocycles. The third kappa shape index (κ3) is 2.34. The van der Waals surface area contributed by atoms with Gasteiger partial charge in [0.2, 0.25) is 0 Å². The van der Waals surface area contributed by atoms with E-state index in [1.165, 1.54) is 44.2 Å². The molecule has 0 aromatic carbocycles. The summed E-state index contributed by atoms with van der Waals surface area (Å²) in [4.78, 5) is 0. The maximum Gasteiger partial charge on any atom is 0.122 e. The Kier molecular flexibility index (Phi) is 3.17. The molecular formula is C11H19N3. The van der Waals surface area contributed by atoms with E-state index in [0.717, 1.165) is 12.8 Å². The van der Waals surface area contributed by atoms with Crippen molar-refractivity contribution in [3.05, 3.63) is 0 Å². The lowest BCUT2D eigenvalue weighted by Crippen LogP contribution is -2.22. The quantitative estimate of drug-likeness (QED) is 0.639. The zero-order valence-corrected chi connectivity index (χ0v) is 8.71. The second-order valence-electron chi connectivity index (χ2n) is 4.37. The van der Waals surface area contributed by atoms with Crippen LogP contribution in [0.5, 0.6) is 0 Å². The Labute approximate surface area is 85.5 Å². The molecule has 2 N–H and O–H groups in total. The van der Waals surface area contributed by atoms with E-state index in [2.05, 4.69) is 10.2 Å². The zero-order valence-electron chi connectivity index (χ0n) is 8.71. The molecule has 1 aliphatic heterocycles. The van der Waals surface area contributed by atoms with Crippen molar-refractivity contribution in [2.75, 3.05) is 0 Å². The van der Waals surface area contributed by atoms with Gasteiger partial charge in [0.15, 0.2) is 0 Å². The molecule has 0 unspecified atom stereocenters. The summed E-state index contributed by atoms with van der Waals surface area (Å²) in [5.74, 6) is 1.40. The molecule has 1 fully saturated rings. The van der Waals surface area contributed by atoms with Gasteiger partial charge in [0, 0.05) is 12.1 Å². The molecule has 3 heteroatoms. The molecule has 0 aromatic heterocycles. The van der Waals surface area contributed by atoms with Crippen LogP contribution in [0.1, 0.15) is 51.4 Å². The number of nitrogens with zero attached hydrogens (tertiary/aromatic N) is 2. The summed E-state index contributed by atoms with van der Waals surface area (Å²) >= 11 is 0. The highest BCUT2D eigenvalue weighted by atomic mass is 15.2. The number of rotatable bonds is 1. The largest absolute Gasteiger partial charge is 0.386 e. The summed E-state index contributed by atoms with van der Waals surface area (Å²) in [6.45, 7) is 0. The van der Waals surface area contributed by atoms with Crippen LogP contribution in [0.25, 0.3) is 0 Å². The van der Waals surface area contributed by atoms with Crippen LogP contribution in [0.4, 0.5) is 0 Å². The van der Waals surface area contributed by atoms with Gasteiger partial charge >= 0.3 is 0 Å². The minimum absolute atomic E-state index is 0.697. The number of amidine groups is 1. The van der Waals surface area contributed by atoms with Crippen molar-refractivity contribution in [1.82, 2.24) is 0 Å². The number of nitrogens with two attached hydrogens (primary N) is 1. The van der Waals surface area contributed by atoms with E-state index in [4.69, 9.17) is 5.73 Å². The van der Waals surface area contributed by atoms with Gasteiger partial charge in [-0.3, -0.25) is 0 Å². The van der Waals surface area contributed by atoms with E-state index in [1.807, 2.05) is 0 Å². The predicted molar refractivity (Wildman–Crippen MR) is 59.5 cm³/mol. The molecule has 0 amide bonds. The molecule has 2 rings (SSSR count). The summed E-state index contributed by atoms with van der Waals surface area (Å²) in [6.07, 6.45) is 10.1.